The van der Waals surface area contributed by atoms with Crippen LogP contribution in [0.3, 0.4) is 0 Å². The zero-order valence-electron chi connectivity index (χ0n) is 14.2. The zero-order valence-corrected chi connectivity index (χ0v) is 14.2. The number of carbonyl (C=O) groups is 1. The van der Waals surface area contributed by atoms with E-state index in [0.29, 0.717) is 5.76 Å². The van der Waals surface area contributed by atoms with Gasteiger partial charge in [0.15, 0.2) is 0 Å². The molecule has 0 N–H and O–H groups in total. The average molecular weight is 295 g/mol. The van der Waals surface area contributed by atoms with Crippen LogP contribution in [0.1, 0.15) is 47.5 Å². The van der Waals surface area contributed by atoms with Gasteiger partial charge in [-0.2, -0.15) is 0 Å². The van der Waals surface area contributed by atoms with Gasteiger partial charge in [0.1, 0.15) is 11.9 Å². The molecule has 1 fully saturated rings. The highest BCUT2D eigenvalue weighted by atomic mass is 16.5. The van der Waals surface area contributed by atoms with Gasteiger partial charge in [0.05, 0.1) is 13.2 Å². The fraction of sp³-hybridized carbons (Fsp3) is 0.706. The average Bonchev–Trinajstić information content (AvgIpc) is 2.32. The fourth-order valence-electron chi connectivity index (χ4n) is 3.45. The second kappa shape index (κ2) is 6.65. The van der Waals surface area contributed by atoms with E-state index in [1.807, 2.05) is 6.08 Å². The SMILES string of the molecule is C=CCN1C(C)(C)CC(O/C(C)=C\C(=O)OC)CC1(C)C. The Labute approximate surface area is 128 Å². The Morgan fingerprint density at radius 2 is 1.81 bits per heavy atom. The summed E-state index contributed by atoms with van der Waals surface area (Å²) in [6.07, 6.45) is 5.27. The highest BCUT2D eigenvalue weighted by Gasteiger charge is 2.45. The Kier molecular flexibility index (Phi) is 5.62. The Hall–Kier alpha value is -1.29. The molecule has 1 heterocycles. The molecule has 0 spiro atoms. The molecule has 0 amide bonds. The molecule has 0 bridgehead atoms. The molecule has 0 unspecified atom stereocenters. The van der Waals surface area contributed by atoms with Crippen molar-refractivity contribution >= 4 is 5.97 Å². The lowest BCUT2D eigenvalue weighted by atomic mass is 9.78. The molecule has 1 rings (SSSR count). The minimum Gasteiger partial charge on any atom is -0.495 e. The van der Waals surface area contributed by atoms with Crippen LogP contribution in [0.2, 0.25) is 0 Å². The zero-order chi connectivity index (χ0) is 16.3. The van der Waals surface area contributed by atoms with Gasteiger partial charge in [0, 0.05) is 30.5 Å². The van der Waals surface area contributed by atoms with Gasteiger partial charge in [0.25, 0.3) is 0 Å². The number of piperidine rings is 1. The molecular formula is C17H29NO3. The number of allylic oxidation sites excluding steroid dienone is 1. The summed E-state index contributed by atoms with van der Waals surface area (Å²) in [6, 6.07) is 0. The van der Waals surface area contributed by atoms with Crippen molar-refractivity contribution in [3.8, 4) is 0 Å². The van der Waals surface area contributed by atoms with E-state index >= 15 is 0 Å². The van der Waals surface area contributed by atoms with Gasteiger partial charge in [-0.15, -0.1) is 6.58 Å². The van der Waals surface area contributed by atoms with E-state index in [-0.39, 0.29) is 23.2 Å². The summed E-state index contributed by atoms with van der Waals surface area (Å²) in [5.74, 6) is 0.228. The maximum absolute atomic E-state index is 11.3. The highest BCUT2D eigenvalue weighted by molar-refractivity contribution is 5.82. The molecule has 1 aliphatic heterocycles. The smallest absolute Gasteiger partial charge is 0.333 e. The summed E-state index contributed by atoms with van der Waals surface area (Å²) in [6.45, 7) is 15.4. The van der Waals surface area contributed by atoms with Crippen LogP contribution in [-0.2, 0) is 14.3 Å². The third kappa shape index (κ3) is 4.60. The third-order valence-electron chi connectivity index (χ3n) is 4.10. The number of ether oxygens (including phenoxy) is 2. The van der Waals surface area contributed by atoms with Crippen molar-refractivity contribution in [2.45, 2.75) is 64.6 Å². The van der Waals surface area contributed by atoms with Crippen LogP contribution in [0.5, 0.6) is 0 Å². The Balaban J connectivity index is 2.83. The van der Waals surface area contributed by atoms with E-state index < -0.39 is 0 Å². The van der Waals surface area contributed by atoms with Crippen LogP contribution in [0.25, 0.3) is 0 Å². The van der Waals surface area contributed by atoms with Crippen molar-refractivity contribution in [2.75, 3.05) is 13.7 Å². The molecule has 0 radical (unpaired) electrons. The number of methoxy groups -OCH3 is 1. The van der Waals surface area contributed by atoms with Crippen molar-refractivity contribution < 1.29 is 14.3 Å². The van der Waals surface area contributed by atoms with Crippen molar-refractivity contribution in [3.63, 3.8) is 0 Å². The van der Waals surface area contributed by atoms with E-state index in [1.54, 1.807) is 6.92 Å². The van der Waals surface area contributed by atoms with Crippen molar-refractivity contribution in [3.05, 3.63) is 24.5 Å². The van der Waals surface area contributed by atoms with E-state index in [4.69, 9.17) is 4.74 Å². The van der Waals surface area contributed by atoms with Crippen molar-refractivity contribution in [1.82, 2.24) is 4.90 Å². The summed E-state index contributed by atoms with van der Waals surface area (Å²) < 4.78 is 10.6. The summed E-state index contributed by atoms with van der Waals surface area (Å²) >= 11 is 0. The van der Waals surface area contributed by atoms with E-state index in [0.717, 1.165) is 19.4 Å². The standard InChI is InChI=1S/C17H29NO3/c1-8-9-18-16(3,4)11-14(12-17(18,5)6)21-13(2)10-15(19)20-7/h8,10,14H,1,9,11-12H2,2-7H3/b13-10-. The molecular weight excluding hydrogens is 266 g/mol. The summed E-state index contributed by atoms with van der Waals surface area (Å²) in [4.78, 5) is 13.7. The minimum atomic E-state index is -0.380. The molecule has 0 aromatic carbocycles. The number of nitrogens with zero attached hydrogens (tertiary/aromatic N) is 1. The Morgan fingerprint density at radius 3 is 2.24 bits per heavy atom. The van der Waals surface area contributed by atoms with Crippen LogP contribution >= 0.6 is 0 Å². The number of likely N-dealkylation sites (tertiary alicyclic amines) is 1. The number of carbonyl (C=O) groups excluding carboxylic acids is 1. The lowest BCUT2D eigenvalue weighted by molar-refractivity contribution is -0.135. The second-order valence-corrected chi connectivity index (χ2v) is 6.95. The summed E-state index contributed by atoms with van der Waals surface area (Å²) in [5, 5.41) is 0. The fourth-order valence-corrected chi connectivity index (χ4v) is 3.45. The molecule has 0 aromatic heterocycles. The van der Waals surface area contributed by atoms with Gasteiger partial charge in [-0.3, -0.25) is 4.90 Å². The molecule has 4 nitrogen and oxygen atoms in total. The highest BCUT2D eigenvalue weighted by Crippen LogP contribution is 2.39. The van der Waals surface area contributed by atoms with Crippen molar-refractivity contribution in [1.29, 1.82) is 0 Å². The first-order chi connectivity index (χ1) is 9.62. The molecule has 1 aliphatic rings. The van der Waals surface area contributed by atoms with Gasteiger partial charge in [-0.05, 0) is 34.6 Å². The first kappa shape index (κ1) is 17.8. The normalized spacial score (nSPS) is 22.7. The summed E-state index contributed by atoms with van der Waals surface area (Å²) in [5.41, 5.74) is 0.0400. The molecule has 120 valence electrons. The van der Waals surface area contributed by atoms with Crippen molar-refractivity contribution in [2.24, 2.45) is 0 Å². The predicted octanol–water partition coefficient (Wildman–Crippen LogP) is 3.29. The van der Waals surface area contributed by atoms with Gasteiger partial charge < -0.3 is 9.47 Å². The molecule has 0 atom stereocenters. The largest absolute Gasteiger partial charge is 0.495 e. The van der Waals surface area contributed by atoms with Gasteiger partial charge in [0.2, 0.25) is 0 Å². The first-order valence-corrected chi connectivity index (χ1v) is 7.44. The van der Waals surface area contributed by atoms with Gasteiger partial charge in [-0.25, -0.2) is 4.79 Å². The number of hydrogen-bond donors (Lipinski definition) is 0. The quantitative estimate of drug-likeness (QED) is 0.338. The third-order valence-corrected chi connectivity index (χ3v) is 4.10. The molecule has 21 heavy (non-hydrogen) atoms. The van der Waals surface area contributed by atoms with E-state index in [2.05, 4.69) is 43.9 Å². The van der Waals surface area contributed by atoms with E-state index in [1.165, 1.54) is 13.2 Å². The Morgan fingerprint density at radius 1 is 1.29 bits per heavy atom. The van der Waals surface area contributed by atoms with Gasteiger partial charge in [-0.1, -0.05) is 6.08 Å². The minimum absolute atomic E-state index is 0.0200. The van der Waals surface area contributed by atoms with E-state index in [9.17, 15) is 4.79 Å². The number of hydrogen-bond acceptors (Lipinski definition) is 4. The van der Waals surface area contributed by atoms with Crippen LogP contribution in [0.15, 0.2) is 24.5 Å². The second-order valence-electron chi connectivity index (χ2n) is 6.95. The molecule has 4 heteroatoms. The molecule has 0 aromatic rings. The lowest BCUT2D eigenvalue weighted by Crippen LogP contribution is -2.62. The van der Waals surface area contributed by atoms with Gasteiger partial charge >= 0.3 is 5.97 Å². The Bertz CT molecular complexity index is 406. The van der Waals surface area contributed by atoms with Crippen LogP contribution in [-0.4, -0.2) is 41.7 Å². The maximum Gasteiger partial charge on any atom is 0.333 e. The molecule has 0 saturated carbocycles. The monoisotopic (exact) mass is 295 g/mol. The molecule has 0 aliphatic carbocycles. The maximum atomic E-state index is 11.3. The molecule has 1 saturated heterocycles. The topological polar surface area (TPSA) is 38.8 Å². The summed E-state index contributed by atoms with van der Waals surface area (Å²) in [7, 11) is 1.37. The van der Waals surface area contributed by atoms with Crippen LogP contribution in [0.4, 0.5) is 0 Å². The van der Waals surface area contributed by atoms with Crippen LogP contribution < -0.4 is 0 Å². The number of rotatable bonds is 5. The van der Waals surface area contributed by atoms with Crippen LogP contribution in [0, 0.1) is 0 Å². The first-order valence-electron chi connectivity index (χ1n) is 7.44. The predicted molar refractivity (Wildman–Crippen MR) is 84.9 cm³/mol. The number of esters is 1. The lowest BCUT2D eigenvalue weighted by Gasteiger charge is -2.54.